The number of ether oxygens (including phenoxy) is 1. The molecule has 122 valence electrons. The summed E-state index contributed by atoms with van der Waals surface area (Å²) in [7, 11) is 0. The zero-order valence-corrected chi connectivity index (χ0v) is 14.7. The molecule has 1 saturated carbocycles. The van der Waals surface area contributed by atoms with E-state index >= 15 is 0 Å². The number of ketones is 1. The van der Waals surface area contributed by atoms with Crippen LogP contribution >= 0.6 is 0 Å². The fraction of sp³-hybridized carbons (Fsp3) is 0.684. The molecule has 0 N–H and O–H groups in total. The summed E-state index contributed by atoms with van der Waals surface area (Å²) in [6.07, 6.45) is 3.88. The lowest BCUT2D eigenvalue weighted by Crippen LogP contribution is -2.20. The van der Waals surface area contributed by atoms with E-state index in [1.54, 1.807) is 0 Å². The highest BCUT2D eigenvalue weighted by Gasteiger charge is 2.61. The monoisotopic (exact) mass is 304 g/mol. The van der Waals surface area contributed by atoms with Crippen molar-refractivity contribution in [3.8, 4) is 0 Å². The van der Waals surface area contributed by atoms with Crippen LogP contribution in [-0.4, -0.2) is 17.9 Å². The van der Waals surface area contributed by atoms with Crippen LogP contribution in [0.4, 0.5) is 0 Å². The summed E-state index contributed by atoms with van der Waals surface area (Å²) in [5.74, 6) is 0.164. The SMILES string of the molecule is CCCC1=C(C)[C@H](OC(=O)C2C(C=C(C)C)C2(C)C)CC1=O. The zero-order valence-electron chi connectivity index (χ0n) is 14.7. The highest BCUT2D eigenvalue weighted by atomic mass is 16.5. The third-order valence-electron chi connectivity index (χ3n) is 5.10. The van der Waals surface area contributed by atoms with Gasteiger partial charge < -0.3 is 4.74 Å². The zero-order chi connectivity index (χ0) is 16.7. The Morgan fingerprint density at radius 1 is 1.36 bits per heavy atom. The second-order valence-corrected chi connectivity index (χ2v) is 7.53. The van der Waals surface area contributed by atoms with E-state index in [2.05, 4.69) is 40.7 Å². The van der Waals surface area contributed by atoms with Crippen molar-refractivity contribution in [3.05, 3.63) is 22.8 Å². The lowest BCUT2D eigenvalue weighted by molar-refractivity contribution is -0.150. The van der Waals surface area contributed by atoms with Gasteiger partial charge >= 0.3 is 5.97 Å². The number of allylic oxidation sites excluding steroid dienone is 3. The Labute approximate surface area is 133 Å². The Hall–Kier alpha value is -1.38. The van der Waals surface area contributed by atoms with Crippen LogP contribution in [0, 0.1) is 17.3 Å². The average Bonchev–Trinajstić information content (AvgIpc) is 2.83. The fourth-order valence-corrected chi connectivity index (χ4v) is 3.59. The minimum absolute atomic E-state index is 0.0408. The molecular formula is C19H28O3. The van der Waals surface area contributed by atoms with Crippen LogP contribution in [0.5, 0.6) is 0 Å². The Kier molecular flexibility index (Phi) is 4.65. The smallest absolute Gasteiger partial charge is 0.310 e. The first kappa shape index (κ1) is 17.0. The van der Waals surface area contributed by atoms with E-state index in [9.17, 15) is 9.59 Å². The lowest BCUT2D eigenvalue weighted by Gasteiger charge is -2.13. The van der Waals surface area contributed by atoms with Gasteiger partial charge in [-0.2, -0.15) is 0 Å². The summed E-state index contributed by atoms with van der Waals surface area (Å²) in [6.45, 7) is 12.3. The number of carbonyl (C=O) groups excluding carboxylic acids is 2. The van der Waals surface area contributed by atoms with E-state index in [0.29, 0.717) is 6.42 Å². The predicted octanol–water partition coefficient (Wildman–Crippen LogP) is 4.23. The highest BCUT2D eigenvalue weighted by molar-refractivity contribution is 5.99. The molecule has 0 spiro atoms. The van der Waals surface area contributed by atoms with Gasteiger partial charge in [0.1, 0.15) is 6.10 Å². The van der Waals surface area contributed by atoms with Crippen molar-refractivity contribution >= 4 is 11.8 Å². The van der Waals surface area contributed by atoms with Crippen LogP contribution in [0.25, 0.3) is 0 Å². The van der Waals surface area contributed by atoms with Crippen LogP contribution < -0.4 is 0 Å². The highest BCUT2D eigenvalue weighted by Crippen LogP contribution is 2.60. The van der Waals surface area contributed by atoms with E-state index in [4.69, 9.17) is 4.74 Å². The van der Waals surface area contributed by atoms with Crippen molar-refractivity contribution in [1.82, 2.24) is 0 Å². The third kappa shape index (κ3) is 3.04. The summed E-state index contributed by atoms with van der Waals surface area (Å²) < 4.78 is 5.70. The number of esters is 1. The topological polar surface area (TPSA) is 43.4 Å². The molecule has 3 atom stereocenters. The Bertz CT molecular complexity index is 547. The molecule has 0 saturated heterocycles. The van der Waals surface area contributed by atoms with Gasteiger partial charge in [-0.3, -0.25) is 9.59 Å². The van der Waals surface area contributed by atoms with Gasteiger partial charge in [0, 0.05) is 0 Å². The molecule has 2 aliphatic carbocycles. The van der Waals surface area contributed by atoms with Crippen molar-refractivity contribution in [2.75, 3.05) is 0 Å². The van der Waals surface area contributed by atoms with Gasteiger partial charge in [-0.1, -0.05) is 38.8 Å². The van der Waals surface area contributed by atoms with E-state index in [1.807, 2.05) is 6.92 Å². The molecule has 0 radical (unpaired) electrons. The molecular weight excluding hydrogens is 276 g/mol. The van der Waals surface area contributed by atoms with Crippen LogP contribution in [0.1, 0.15) is 60.8 Å². The molecule has 0 aromatic carbocycles. The van der Waals surface area contributed by atoms with Crippen molar-refractivity contribution in [2.45, 2.75) is 66.9 Å². The maximum absolute atomic E-state index is 12.5. The molecule has 2 aliphatic rings. The van der Waals surface area contributed by atoms with Crippen molar-refractivity contribution in [3.63, 3.8) is 0 Å². The van der Waals surface area contributed by atoms with Gasteiger partial charge in [0.15, 0.2) is 5.78 Å². The van der Waals surface area contributed by atoms with E-state index in [0.717, 1.165) is 24.0 Å². The predicted molar refractivity (Wildman–Crippen MR) is 87.3 cm³/mol. The van der Waals surface area contributed by atoms with Crippen LogP contribution in [0.15, 0.2) is 22.8 Å². The van der Waals surface area contributed by atoms with Gasteiger partial charge in [-0.15, -0.1) is 0 Å². The van der Waals surface area contributed by atoms with E-state index < -0.39 is 0 Å². The first-order valence-corrected chi connectivity index (χ1v) is 8.28. The van der Waals surface area contributed by atoms with Crippen molar-refractivity contribution < 1.29 is 14.3 Å². The summed E-state index contributed by atoms with van der Waals surface area (Å²) in [5, 5.41) is 0. The third-order valence-corrected chi connectivity index (χ3v) is 5.10. The minimum atomic E-state index is -0.342. The number of rotatable bonds is 5. The van der Waals surface area contributed by atoms with Crippen LogP contribution in [0.3, 0.4) is 0 Å². The van der Waals surface area contributed by atoms with Gasteiger partial charge in [0.25, 0.3) is 0 Å². The quantitative estimate of drug-likeness (QED) is 0.564. The van der Waals surface area contributed by atoms with Crippen LogP contribution in [0.2, 0.25) is 0 Å². The Balaban J connectivity index is 2.05. The number of carbonyl (C=O) groups is 2. The second kappa shape index (κ2) is 6.02. The molecule has 0 aliphatic heterocycles. The standard InChI is InChI=1S/C19H28O3/c1-7-8-13-12(4)16(10-15(13)20)22-18(21)17-14(9-11(2)3)19(17,5)6/h9,14,16-17H,7-8,10H2,1-6H3/t14?,16-,17?/m1/s1. The summed E-state index contributed by atoms with van der Waals surface area (Å²) in [4.78, 5) is 24.5. The lowest BCUT2D eigenvalue weighted by atomic mass is 10.1. The van der Waals surface area contributed by atoms with Crippen molar-refractivity contribution in [2.24, 2.45) is 17.3 Å². The van der Waals surface area contributed by atoms with Gasteiger partial charge in [-0.25, -0.2) is 0 Å². The molecule has 2 unspecified atom stereocenters. The van der Waals surface area contributed by atoms with Gasteiger partial charge in [-0.05, 0) is 49.7 Å². The molecule has 22 heavy (non-hydrogen) atoms. The fourth-order valence-electron chi connectivity index (χ4n) is 3.59. The minimum Gasteiger partial charge on any atom is -0.457 e. The molecule has 0 heterocycles. The normalized spacial score (nSPS) is 29.5. The summed E-state index contributed by atoms with van der Waals surface area (Å²) in [5.41, 5.74) is 3.01. The second-order valence-electron chi connectivity index (χ2n) is 7.53. The van der Waals surface area contributed by atoms with E-state index in [1.165, 1.54) is 5.57 Å². The average molecular weight is 304 g/mol. The first-order valence-electron chi connectivity index (χ1n) is 8.28. The van der Waals surface area contributed by atoms with E-state index in [-0.39, 0.29) is 35.1 Å². The molecule has 0 amide bonds. The van der Waals surface area contributed by atoms with Crippen molar-refractivity contribution in [1.29, 1.82) is 0 Å². The van der Waals surface area contributed by atoms with Gasteiger partial charge in [0.05, 0.1) is 12.3 Å². The number of hydrogen-bond donors (Lipinski definition) is 0. The Morgan fingerprint density at radius 3 is 2.55 bits per heavy atom. The molecule has 3 heteroatoms. The first-order chi connectivity index (χ1) is 10.2. The maximum Gasteiger partial charge on any atom is 0.310 e. The molecule has 3 nitrogen and oxygen atoms in total. The molecule has 0 aromatic rings. The molecule has 1 fully saturated rings. The molecule has 0 aromatic heterocycles. The summed E-state index contributed by atoms with van der Waals surface area (Å²) >= 11 is 0. The maximum atomic E-state index is 12.5. The largest absolute Gasteiger partial charge is 0.457 e. The summed E-state index contributed by atoms with van der Waals surface area (Å²) in [6, 6.07) is 0. The molecule has 0 bridgehead atoms. The Morgan fingerprint density at radius 2 is 2.00 bits per heavy atom. The van der Waals surface area contributed by atoms with Gasteiger partial charge in [0.2, 0.25) is 0 Å². The molecule has 2 rings (SSSR count). The number of Topliss-reactive ketones (excluding diaryl/α,β-unsaturated/α-hetero) is 1. The number of hydrogen-bond acceptors (Lipinski definition) is 3. The van der Waals surface area contributed by atoms with Crippen LogP contribution in [-0.2, 0) is 14.3 Å².